The minimum atomic E-state index is 0.120. The molecule has 0 atom stereocenters. The van der Waals surface area contributed by atoms with Gasteiger partial charge in [-0.25, -0.2) is 0 Å². The number of fused-ring (bicyclic) bond motifs is 1. The van der Waals surface area contributed by atoms with Crippen LogP contribution in [0.25, 0.3) is 10.9 Å². The van der Waals surface area contributed by atoms with Crippen LogP contribution in [0.3, 0.4) is 0 Å². The highest BCUT2D eigenvalue weighted by molar-refractivity contribution is 6.01. The average molecular weight is 215 g/mol. The van der Waals surface area contributed by atoms with Crippen molar-refractivity contribution >= 4 is 16.7 Å². The number of para-hydroxylation sites is 1. The van der Waals surface area contributed by atoms with E-state index in [4.69, 9.17) is 0 Å². The van der Waals surface area contributed by atoms with E-state index >= 15 is 0 Å². The quantitative estimate of drug-likeness (QED) is 0.781. The van der Waals surface area contributed by atoms with Gasteiger partial charge in [0, 0.05) is 17.8 Å². The van der Waals surface area contributed by atoms with Gasteiger partial charge in [-0.15, -0.1) is 0 Å². The van der Waals surface area contributed by atoms with Crippen LogP contribution in [-0.2, 0) is 12.8 Å². The number of H-pyrrole nitrogens is 1. The molecule has 0 unspecified atom stereocenters. The molecule has 0 aliphatic rings. The van der Waals surface area contributed by atoms with Crippen LogP contribution >= 0.6 is 0 Å². The Labute approximate surface area is 95.7 Å². The van der Waals surface area contributed by atoms with Crippen LogP contribution in [0, 0.1) is 0 Å². The van der Waals surface area contributed by atoms with E-state index in [2.05, 4.69) is 37.0 Å². The molecule has 0 amide bonds. The van der Waals surface area contributed by atoms with Crippen LogP contribution in [0.15, 0.2) is 18.2 Å². The number of hydrogen-bond acceptors (Lipinski definition) is 1. The summed E-state index contributed by atoms with van der Waals surface area (Å²) in [6.07, 6.45) is 1.88. The molecular weight excluding hydrogens is 198 g/mol. The maximum Gasteiger partial charge on any atom is 0.176 e. The smallest absolute Gasteiger partial charge is 0.176 e. The fraction of sp³-hybridized carbons (Fsp3) is 0.357. The lowest BCUT2D eigenvalue weighted by Crippen LogP contribution is -1.96. The number of aromatic amines is 1. The molecule has 2 aromatic rings. The maximum absolute atomic E-state index is 11.6. The van der Waals surface area contributed by atoms with Crippen LogP contribution in [0.1, 0.15) is 42.4 Å². The van der Waals surface area contributed by atoms with Crippen LogP contribution in [-0.4, -0.2) is 10.8 Å². The van der Waals surface area contributed by atoms with Crippen LogP contribution < -0.4 is 0 Å². The number of rotatable bonds is 3. The van der Waals surface area contributed by atoms with Gasteiger partial charge in [-0.3, -0.25) is 4.79 Å². The number of nitrogens with one attached hydrogen (secondary N) is 1. The van der Waals surface area contributed by atoms with Gasteiger partial charge in [0.1, 0.15) is 0 Å². The van der Waals surface area contributed by atoms with Crippen molar-refractivity contribution in [3.8, 4) is 0 Å². The summed E-state index contributed by atoms with van der Waals surface area (Å²) in [7, 11) is 0. The van der Waals surface area contributed by atoms with Gasteiger partial charge >= 0.3 is 0 Å². The molecule has 2 heteroatoms. The van der Waals surface area contributed by atoms with Gasteiger partial charge in [-0.05, 0) is 24.0 Å². The van der Waals surface area contributed by atoms with Gasteiger partial charge in [0.25, 0.3) is 0 Å². The van der Waals surface area contributed by atoms with E-state index in [9.17, 15) is 4.79 Å². The molecule has 1 heterocycles. The third-order valence-electron chi connectivity index (χ3n) is 3.11. The van der Waals surface area contributed by atoms with E-state index in [0.717, 1.165) is 29.6 Å². The number of carbonyl (C=O) groups is 1. The van der Waals surface area contributed by atoms with Crippen LogP contribution in [0.2, 0.25) is 0 Å². The molecule has 0 aliphatic heterocycles. The van der Waals surface area contributed by atoms with Crippen molar-refractivity contribution in [1.29, 1.82) is 0 Å². The van der Waals surface area contributed by atoms with E-state index in [-0.39, 0.29) is 5.78 Å². The molecule has 2 rings (SSSR count). The predicted octanol–water partition coefficient (Wildman–Crippen LogP) is 3.50. The average Bonchev–Trinajstić information content (AvgIpc) is 2.67. The summed E-state index contributed by atoms with van der Waals surface area (Å²) in [5.41, 5.74) is 4.34. The molecule has 0 spiro atoms. The third-order valence-corrected chi connectivity index (χ3v) is 3.11. The molecule has 0 bridgehead atoms. The minimum absolute atomic E-state index is 0.120. The van der Waals surface area contributed by atoms with Gasteiger partial charge in [-0.2, -0.15) is 0 Å². The third kappa shape index (κ3) is 1.54. The number of aromatic nitrogens is 1. The molecular formula is C14H17NO. The Morgan fingerprint density at radius 1 is 1.25 bits per heavy atom. The Kier molecular flexibility index (Phi) is 2.82. The molecule has 1 aromatic carbocycles. The molecule has 0 fully saturated rings. The van der Waals surface area contributed by atoms with Gasteiger partial charge in [0.15, 0.2) is 5.78 Å². The lowest BCUT2D eigenvalue weighted by atomic mass is 10.0. The predicted molar refractivity (Wildman–Crippen MR) is 67.1 cm³/mol. The normalized spacial score (nSPS) is 10.9. The first-order valence-electron chi connectivity index (χ1n) is 5.82. The van der Waals surface area contributed by atoms with Gasteiger partial charge in [0.05, 0.1) is 5.69 Å². The summed E-state index contributed by atoms with van der Waals surface area (Å²) < 4.78 is 0. The fourth-order valence-corrected chi connectivity index (χ4v) is 2.30. The number of benzene rings is 1. The SMILES string of the molecule is CCc1c(C(C)=O)[nH]c2c(CC)cccc12. The summed E-state index contributed by atoms with van der Waals surface area (Å²) >= 11 is 0. The Bertz CT molecular complexity index is 537. The van der Waals surface area contributed by atoms with E-state index in [1.54, 1.807) is 6.92 Å². The Hall–Kier alpha value is -1.57. The molecule has 2 nitrogen and oxygen atoms in total. The van der Waals surface area contributed by atoms with Crippen LogP contribution in [0.4, 0.5) is 0 Å². The zero-order chi connectivity index (χ0) is 11.7. The fourth-order valence-electron chi connectivity index (χ4n) is 2.30. The maximum atomic E-state index is 11.6. The standard InChI is InChI=1S/C14H17NO/c1-4-10-7-6-8-12-11(5-2)13(9(3)16)15-14(10)12/h6-8,15H,4-5H2,1-3H3. The summed E-state index contributed by atoms with van der Waals surface area (Å²) in [4.78, 5) is 14.8. The Balaban J connectivity index is 2.80. The first-order chi connectivity index (χ1) is 7.69. The zero-order valence-corrected chi connectivity index (χ0v) is 10.1. The van der Waals surface area contributed by atoms with Gasteiger partial charge < -0.3 is 4.98 Å². The van der Waals surface area contributed by atoms with Crippen molar-refractivity contribution in [3.05, 3.63) is 35.0 Å². The van der Waals surface area contributed by atoms with Gasteiger partial charge in [0.2, 0.25) is 0 Å². The molecule has 84 valence electrons. The molecule has 0 saturated carbocycles. The summed E-state index contributed by atoms with van der Waals surface area (Å²) in [6.45, 7) is 5.85. The molecule has 1 aromatic heterocycles. The second-order valence-electron chi connectivity index (χ2n) is 4.08. The highest BCUT2D eigenvalue weighted by Gasteiger charge is 2.14. The summed E-state index contributed by atoms with van der Waals surface area (Å²) in [6, 6.07) is 6.27. The summed E-state index contributed by atoms with van der Waals surface area (Å²) in [5, 5.41) is 1.20. The Morgan fingerprint density at radius 2 is 2.00 bits per heavy atom. The van der Waals surface area contributed by atoms with E-state index in [0.29, 0.717) is 0 Å². The Morgan fingerprint density at radius 3 is 2.56 bits per heavy atom. The van der Waals surface area contributed by atoms with E-state index in [1.165, 1.54) is 10.9 Å². The first kappa shape index (κ1) is 10.9. The minimum Gasteiger partial charge on any atom is -0.352 e. The highest BCUT2D eigenvalue weighted by atomic mass is 16.1. The monoisotopic (exact) mass is 215 g/mol. The number of Topliss-reactive ketones (excluding diaryl/α,β-unsaturated/α-hetero) is 1. The second-order valence-corrected chi connectivity index (χ2v) is 4.08. The molecule has 1 N–H and O–H groups in total. The number of hydrogen-bond donors (Lipinski definition) is 1. The largest absolute Gasteiger partial charge is 0.352 e. The van der Waals surface area contributed by atoms with Crippen molar-refractivity contribution in [2.75, 3.05) is 0 Å². The van der Waals surface area contributed by atoms with Crippen molar-refractivity contribution < 1.29 is 4.79 Å². The zero-order valence-electron chi connectivity index (χ0n) is 10.1. The van der Waals surface area contributed by atoms with E-state index in [1.807, 2.05) is 0 Å². The topological polar surface area (TPSA) is 32.9 Å². The van der Waals surface area contributed by atoms with E-state index < -0.39 is 0 Å². The number of ketones is 1. The van der Waals surface area contributed by atoms with Crippen molar-refractivity contribution in [2.45, 2.75) is 33.6 Å². The molecule has 0 saturated heterocycles. The molecule has 0 radical (unpaired) electrons. The number of aryl methyl sites for hydroxylation is 2. The molecule has 0 aliphatic carbocycles. The van der Waals surface area contributed by atoms with Crippen molar-refractivity contribution in [3.63, 3.8) is 0 Å². The molecule has 16 heavy (non-hydrogen) atoms. The van der Waals surface area contributed by atoms with Crippen molar-refractivity contribution in [1.82, 2.24) is 4.98 Å². The number of carbonyl (C=O) groups excluding carboxylic acids is 1. The van der Waals surface area contributed by atoms with Crippen molar-refractivity contribution in [2.24, 2.45) is 0 Å². The lowest BCUT2D eigenvalue weighted by Gasteiger charge is -1.99. The van der Waals surface area contributed by atoms with Gasteiger partial charge in [-0.1, -0.05) is 32.0 Å². The lowest BCUT2D eigenvalue weighted by molar-refractivity contribution is 0.101. The first-order valence-corrected chi connectivity index (χ1v) is 5.82. The highest BCUT2D eigenvalue weighted by Crippen LogP contribution is 2.26. The second kappa shape index (κ2) is 4.12. The summed E-state index contributed by atoms with van der Waals surface area (Å²) in [5.74, 6) is 0.120. The van der Waals surface area contributed by atoms with Crippen LogP contribution in [0.5, 0.6) is 0 Å².